The van der Waals surface area contributed by atoms with Gasteiger partial charge in [0, 0.05) is 17.0 Å². The van der Waals surface area contributed by atoms with E-state index in [0.717, 1.165) is 6.07 Å². The molecule has 0 aromatic heterocycles. The topological polar surface area (TPSA) is 17.1 Å². The van der Waals surface area contributed by atoms with Gasteiger partial charge in [-0.3, -0.25) is 4.79 Å². The molecule has 2 rings (SSSR count). The molecule has 0 aliphatic heterocycles. The average Bonchev–Trinajstić information content (AvgIpc) is 2.17. The van der Waals surface area contributed by atoms with Crippen LogP contribution in [0.3, 0.4) is 0 Å². The van der Waals surface area contributed by atoms with Crippen LogP contribution in [0, 0.1) is 11.6 Å². The molecular weight excluding hydrogens is 186 g/mol. The summed E-state index contributed by atoms with van der Waals surface area (Å²) in [6, 6.07) is 6.47. The summed E-state index contributed by atoms with van der Waals surface area (Å²) >= 11 is 0. The first-order chi connectivity index (χ1) is 6.70. The number of benzene rings is 2. The van der Waals surface area contributed by atoms with Crippen molar-refractivity contribution in [3.05, 3.63) is 47.5 Å². The lowest BCUT2D eigenvalue weighted by Crippen LogP contribution is -1.86. The Hall–Kier alpha value is -1.77. The van der Waals surface area contributed by atoms with E-state index in [-0.39, 0.29) is 5.39 Å². The van der Waals surface area contributed by atoms with Crippen LogP contribution in [0.5, 0.6) is 0 Å². The number of halogens is 2. The van der Waals surface area contributed by atoms with Crippen LogP contribution in [-0.4, -0.2) is 6.29 Å². The van der Waals surface area contributed by atoms with Gasteiger partial charge >= 0.3 is 0 Å². The summed E-state index contributed by atoms with van der Waals surface area (Å²) in [4.78, 5) is 10.4. The molecule has 0 N–H and O–H groups in total. The molecule has 14 heavy (non-hydrogen) atoms. The highest BCUT2D eigenvalue weighted by molar-refractivity contribution is 5.89. The van der Waals surface area contributed by atoms with Gasteiger partial charge in [-0.2, -0.15) is 0 Å². The van der Waals surface area contributed by atoms with Crippen LogP contribution in [0.2, 0.25) is 0 Å². The fraction of sp³-hybridized carbons (Fsp3) is 0. The molecule has 70 valence electrons. The van der Waals surface area contributed by atoms with Crippen molar-refractivity contribution >= 4 is 17.1 Å². The smallest absolute Gasteiger partial charge is 0.150 e. The number of hydrogen-bond acceptors (Lipinski definition) is 1. The second-order valence-electron chi connectivity index (χ2n) is 2.99. The summed E-state index contributed by atoms with van der Waals surface area (Å²) in [6.45, 7) is 0. The number of carbonyl (C=O) groups is 1. The molecule has 0 spiro atoms. The molecule has 0 heterocycles. The zero-order valence-corrected chi connectivity index (χ0v) is 7.13. The van der Waals surface area contributed by atoms with E-state index >= 15 is 0 Å². The first-order valence-electron chi connectivity index (χ1n) is 4.05. The minimum atomic E-state index is -0.649. The molecule has 2 aromatic rings. The maximum atomic E-state index is 13.2. The lowest BCUT2D eigenvalue weighted by atomic mass is 10.1. The fourth-order valence-corrected chi connectivity index (χ4v) is 1.37. The molecule has 0 bridgehead atoms. The second kappa shape index (κ2) is 3.18. The summed E-state index contributed by atoms with van der Waals surface area (Å²) in [5.41, 5.74) is 0.378. The van der Waals surface area contributed by atoms with Crippen molar-refractivity contribution in [3.8, 4) is 0 Å². The maximum Gasteiger partial charge on any atom is 0.150 e. The van der Waals surface area contributed by atoms with Crippen molar-refractivity contribution in [2.24, 2.45) is 0 Å². The molecule has 0 aliphatic carbocycles. The number of fused-ring (bicyclic) bond motifs is 1. The maximum absolute atomic E-state index is 13.2. The molecule has 2 aromatic carbocycles. The molecule has 0 unspecified atom stereocenters. The van der Waals surface area contributed by atoms with Crippen LogP contribution in [0.25, 0.3) is 10.8 Å². The SMILES string of the molecule is O=Cc1ccc2cc(F)cc(F)c2c1. The fourth-order valence-electron chi connectivity index (χ4n) is 1.37. The van der Waals surface area contributed by atoms with Crippen LogP contribution in [0.15, 0.2) is 30.3 Å². The van der Waals surface area contributed by atoms with Crippen molar-refractivity contribution in [2.45, 2.75) is 0 Å². The standard InChI is InChI=1S/C11H6F2O/c12-9-4-8-2-1-7(6-14)3-10(8)11(13)5-9/h1-6H. The van der Waals surface area contributed by atoms with Gasteiger partial charge in [0.25, 0.3) is 0 Å². The van der Waals surface area contributed by atoms with E-state index < -0.39 is 11.6 Å². The van der Waals surface area contributed by atoms with Gasteiger partial charge in [-0.25, -0.2) is 8.78 Å². The lowest BCUT2D eigenvalue weighted by molar-refractivity contribution is 0.112. The van der Waals surface area contributed by atoms with Crippen LogP contribution in [0.4, 0.5) is 8.78 Å². The van der Waals surface area contributed by atoms with Gasteiger partial charge < -0.3 is 0 Å². The molecule has 3 heteroatoms. The largest absolute Gasteiger partial charge is 0.298 e. The number of rotatable bonds is 1. The summed E-state index contributed by atoms with van der Waals surface area (Å²) in [5.74, 6) is -1.27. The normalized spacial score (nSPS) is 10.4. The highest BCUT2D eigenvalue weighted by atomic mass is 19.1. The Kier molecular flexibility index (Phi) is 2.00. The Morgan fingerprint density at radius 3 is 2.57 bits per heavy atom. The molecule has 0 saturated heterocycles. The first-order valence-corrected chi connectivity index (χ1v) is 4.05. The van der Waals surface area contributed by atoms with Gasteiger partial charge in [0.05, 0.1) is 0 Å². The highest BCUT2D eigenvalue weighted by Gasteiger charge is 2.04. The molecule has 0 amide bonds. The van der Waals surface area contributed by atoms with E-state index in [0.29, 0.717) is 17.2 Å². The number of hydrogen-bond donors (Lipinski definition) is 0. The molecule has 0 radical (unpaired) electrons. The summed E-state index contributed by atoms with van der Waals surface area (Å²) in [7, 11) is 0. The first kappa shape index (κ1) is 8.81. The molecule has 0 atom stereocenters. The molecule has 0 fully saturated rings. The zero-order chi connectivity index (χ0) is 10.1. The Bertz CT molecular complexity index is 506. The minimum absolute atomic E-state index is 0.260. The third-order valence-electron chi connectivity index (χ3n) is 2.03. The highest BCUT2D eigenvalue weighted by Crippen LogP contribution is 2.20. The van der Waals surface area contributed by atoms with Crippen molar-refractivity contribution in [3.63, 3.8) is 0 Å². The van der Waals surface area contributed by atoms with Gasteiger partial charge in [0.2, 0.25) is 0 Å². The van der Waals surface area contributed by atoms with E-state index in [2.05, 4.69) is 0 Å². The molecular formula is C11H6F2O. The summed E-state index contributed by atoms with van der Waals surface area (Å²) in [6.07, 6.45) is 0.627. The molecule has 1 nitrogen and oxygen atoms in total. The lowest BCUT2D eigenvalue weighted by Gasteiger charge is -2.00. The third kappa shape index (κ3) is 1.37. The Morgan fingerprint density at radius 2 is 1.86 bits per heavy atom. The molecule has 0 aliphatic rings. The average molecular weight is 192 g/mol. The Morgan fingerprint density at radius 1 is 1.07 bits per heavy atom. The number of carbonyl (C=O) groups excluding carboxylic acids is 1. The van der Waals surface area contributed by atoms with Gasteiger partial charge in [0.1, 0.15) is 17.9 Å². The van der Waals surface area contributed by atoms with E-state index in [1.54, 1.807) is 0 Å². The van der Waals surface area contributed by atoms with Gasteiger partial charge in [-0.15, -0.1) is 0 Å². The summed E-state index contributed by atoms with van der Waals surface area (Å²) < 4.78 is 26.0. The number of aldehydes is 1. The second-order valence-corrected chi connectivity index (χ2v) is 2.99. The quantitative estimate of drug-likeness (QED) is 0.635. The predicted octanol–water partition coefficient (Wildman–Crippen LogP) is 2.93. The van der Waals surface area contributed by atoms with Crippen molar-refractivity contribution in [1.29, 1.82) is 0 Å². The Labute approximate surface area is 79.0 Å². The van der Waals surface area contributed by atoms with Gasteiger partial charge in [-0.05, 0) is 17.5 Å². The third-order valence-corrected chi connectivity index (χ3v) is 2.03. The predicted molar refractivity (Wildman–Crippen MR) is 49.3 cm³/mol. The van der Waals surface area contributed by atoms with Gasteiger partial charge in [-0.1, -0.05) is 12.1 Å². The van der Waals surface area contributed by atoms with E-state index in [4.69, 9.17) is 0 Å². The van der Waals surface area contributed by atoms with E-state index in [1.165, 1.54) is 24.3 Å². The van der Waals surface area contributed by atoms with Gasteiger partial charge in [0.15, 0.2) is 0 Å². The monoisotopic (exact) mass is 192 g/mol. The zero-order valence-electron chi connectivity index (χ0n) is 7.13. The minimum Gasteiger partial charge on any atom is -0.298 e. The van der Waals surface area contributed by atoms with E-state index in [1.807, 2.05) is 0 Å². The van der Waals surface area contributed by atoms with Crippen LogP contribution in [-0.2, 0) is 0 Å². The van der Waals surface area contributed by atoms with E-state index in [9.17, 15) is 13.6 Å². The summed E-state index contributed by atoms with van der Waals surface area (Å²) in [5, 5.41) is 0.712. The van der Waals surface area contributed by atoms with Crippen molar-refractivity contribution < 1.29 is 13.6 Å². The van der Waals surface area contributed by atoms with Crippen LogP contribution < -0.4 is 0 Å². The van der Waals surface area contributed by atoms with Crippen molar-refractivity contribution in [1.82, 2.24) is 0 Å². The van der Waals surface area contributed by atoms with Crippen LogP contribution >= 0.6 is 0 Å². The molecule has 0 saturated carbocycles. The van der Waals surface area contributed by atoms with Crippen LogP contribution in [0.1, 0.15) is 10.4 Å². The Balaban J connectivity index is 2.81. The van der Waals surface area contributed by atoms with Crippen molar-refractivity contribution in [2.75, 3.05) is 0 Å².